The van der Waals surface area contributed by atoms with Crippen molar-refractivity contribution in [2.75, 3.05) is 28.2 Å². The Bertz CT molecular complexity index is 1280. The van der Waals surface area contributed by atoms with Crippen LogP contribution in [0.4, 0.5) is 22.7 Å². The molecule has 2 aromatic heterocycles. The summed E-state index contributed by atoms with van der Waals surface area (Å²) < 4.78 is 0. The van der Waals surface area contributed by atoms with Crippen LogP contribution in [0.1, 0.15) is 44.9 Å². The standard InChI is InChI=1S/C24H26N6O4S/c1-13-3-5-15(6-4-13)12-30-18(32)11-17-20(29-9-7-16(31)8-10-29)26-23(27-21(17)30)28-24-25-14(2)19(35-24)22(33)34/h3-6,16,31H,7-12H2,1-2H3,(H,33,34)(H,25,26,27,28). The predicted molar refractivity (Wildman–Crippen MR) is 133 cm³/mol. The van der Waals surface area contributed by atoms with Crippen molar-refractivity contribution in [3.05, 3.63) is 51.5 Å². The molecule has 1 fully saturated rings. The number of carbonyl (C=O) groups is 2. The molecule has 4 heterocycles. The van der Waals surface area contributed by atoms with Crippen molar-refractivity contribution in [2.45, 2.75) is 45.8 Å². The summed E-state index contributed by atoms with van der Waals surface area (Å²) in [5.74, 6) is 0.366. The molecule has 3 aromatic rings. The first-order valence-corrected chi connectivity index (χ1v) is 12.3. The average molecular weight is 495 g/mol. The third kappa shape index (κ3) is 4.69. The van der Waals surface area contributed by atoms with Crippen LogP contribution >= 0.6 is 11.3 Å². The number of thiazole rings is 1. The van der Waals surface area contributed by atoms with Gasteiger partial charge in [0.1, 0.15) is 16.5 Å². The molecule has 0 unspecified atom stereocenters. The first kappa shape index (κ1) is 23.2. The smallest absolute Gasteiger partial charge is 0.347 e. The quantitative estimate of drug-likeness (QED) is 0.473. The SMILES string of the molecule is Cc1ccc(CN2C(=O)Cc3c(N4CCC(O)CC4)nc(Nc4nc(C)c(C(=O)O)s4)nc32)cc1. The van der Waals surface area contributed by atoms with Crippen LogP contribution in [0.15, 0.2) is 24.3 Å². The second-order valence-corrected chi connectivity index (χ2v) is 9.90. The Hall–Kier alpha value is -3.57. The van der Waals surface area contributed by atoms with Crippen LogP contribution in [0.5, 0.6) is 0 Å². The van der Waals surface area contributed by atoms with E-state index < -0.39 is 5.97 Å². The van der Waals surface area contributed by atoms with Crippen molar-refractivity contribution >= 4 is 45.9 Å². The zero-order chi connectivity index (χ0) is 24.7. The number of amides is 1. The number of aryl methyl sites for hydroxylation is 2. The second-order valence-electron chi connectivity index (χ2n) is 8.90. The minimum atomic E-state index is -1.04. The Morgan fingerprint density at radius 2 is 1.80 bits per heavy atom. The van der Waals surface area contributed by atoms with E-state index in [1.807, 2.05) is 31.2 Å². The van der Waals surface area contributed by atoms with Crippen LogP contribution in [-0.2, 0) is 17.8 Å². The van der Waals surface area contributed by atoms with Gasteiger partial charge in [0.15, 0.2) is 5.13 Å². The highest BCUT2D eigenvalue weighted by atomic mass is 32.1. The topological polar surface area (TPSA) is 132 Å². The number of anilines is 4. The lowest BCUT2D eigenvalue weighted by Crippen LogP contribution is -2.37. The van der Waals surface area contributed by atoms with Gasteiger partial charge in [-0.3, -0.25) is 15.0 Å². The van der Waals surface area contributed by atoms with Gasteiger partial charge in [0.05, 0.1) is 24.8 Å². The predicted octanol–water partition coefficient (Wildman–Crippen LogP) is 3.04. The number of piperidine rings is 1. The maximum atomic E-state index is 13.1. The molecule has 182 valence electrons. The molecule has 0 saturated carbocycles. The Morgan fingerprint density at radius 1 is 1.11 bits per heavy atom. The van der Waals surface area contributed by atoms with E-state index in [1.165, 1.54) is 0 Å². The number of nitrogens with zero attached hydrogens (tertiary/aromatic N) is 5. The Kier molecular flexibility index (Phi) is 6.12. The van der Waals surface area contributed by atoms with Crippen LogP contribution in [0.25, 0.3) is 0 Å². The second kappa shape index (κ2) is 9.23. The van der Waals surface area contributed by atoms with Crippen LogP contribution in [-0.4, -0.2) is 56.2 Å². The largest absolute Gasteiger partial charge is 0.477 e. The van der Waals surface area contributed by atoms with Crippen LogP contribution in [0, 0.1) is 13.8 Å². The fraction of sp³-hybridized carbons (Fsp3) is 0.375. The summed E-state index contributed by atoms with van der Waals surface area (Å²) in [5.41, 5.74) is 3.32. The number of carboxylic acid groups (broad SMARTS) is 1. The van der Waals surface area contributed by atoms with E-state index in [0.29, 0.717) is 54.9 Å². The molecule has 0 aliphatic carbocycles. The number of benzene rings is 1. The van der Waals surface area contributed by atoms with Gasteiger partial charge in [-0.2, -0.15) is 9.97 Å². The lowest BCUT2D eigenvalue weighted by Gasteiger charge is -2.31. The van der Waals surface area contributed by atoms with Crippen molar-refractivity contribution in [3.8, 4) is 0 Å². The monoisotopic (exact) mass is 494 g/mol. The Labute approximate surface area is 206 Å². The van der Waals surface area contributed by atoms with Gasteiger partial charge in [0.25, 0.3) is 0 Å². The molecule has 0 bridgehead atoms. The highest BCUT2D eigenvalue weighted by Gasteiger charge is 2.35. The van der Waals surface area contributed by atoms with Gasteiger partial charge in [0.2, 0.25) is 11.9 Å². The normalized spacial score (nSPS) is 16.0. The van der Waals surface area contributed by atoms with E-state index >= 15 is 0 Å². The molecular weight excluding hydrogens is 468 g/mol. The number of aliphatic hydroxyl groups excluding tert-OH is 1. The maximum Gasteiger partial charge on any atom is 0.347 e. The number of hydrogen-bond acceptors (Lipinski definition) is 9. The van der Waals surface area contributed by atoms with Gasteiger partial charge < -0.3 is 15.1 Å². The average Bonchev–Trinajstić information content (AvgIpc) is 3.34. The summed E-state index contributed by atoms with van der Waals surface area (Å²) in [5, 5.41) is 22.8. The van der Waals surface area contributed by atoms with Gasteiger partial charge in [-0.15, -0.1) is 0 Å². The molecule has 1 aromatic carbocycles. The molecule has 2 aliphatic rings. The minimum Gasteiger partial charge on any atom is -0.477 e. The summed E-state index contributed by atoms with van der Waals surface area (Å²) in [6.07, 6.45) is 1.10. The molecule has 3 N–H and O–H groups in total. The minimum absolute atomic E-state index is 0.0522. The fourth-order valence-corrected chi connectivity index (χ4v) is 5.18. The number of nitrogens with one attached hydrogen (secondary N) is 1. The highest BCUT2D eigenvalue weighted by Crippen LogP contribution is 2.37. The molecule has 2 aliphatic heterocycles. The van der Waals surface area contributed by atoms with Gasteiger partial charge >= 0.3 is 5.97 Å². The van der Waals surface area contributed by atoms with E-state index in [0.717, 1.165) is 28.0 Å². The van der Waals surface area contributed by atoms with Crippen molar-refractivity contribution in [2.24, 2.45) is 0 Å². The fourth-order valence-electron chi connectivity index (χ4n) is 4.38. The number of fused-ring (bicyclic) bond motifs is 1. The molecule has 35 heavy (non-hydrogen) atoms. The molecule has 0 radical (unpaired) electrons. The number of carboxylic acids is 1. The molecular formula is C24H26N6O4S. The Morgan fingerprint density at radius 3 is 2.46 bits per heavy atom. The van der Waals surface area contributed by atoms with Crippen LogP contribution < -0.4 is 15.1 Å². The molecule has 1 amide bonds. The van der Waals surface area contributed by atoms with E-state index in [-0.39, 0.29) is 29.3 Å². The molecule has 10 nitrogen and oxygen atoms in total. The van der Waals surface area contributed by atoms with E-state index in [1.54, 1.807) is 11.8 Å². The number of hydrogen-bond donors (Lipinski definition) is 3. The summed E-state index contributed by atoms with van der Waals surface area (Å²) in [4.78, 5) is 42.1. The van der Waals surface area contributed by atoms with E-state index in [2.05, 4.69) is 20.2 Å². The van der Waals surface area contributed by atoms with Gasteiger partial charge in [-0.05, 0) is 32.3 Å². The van der Waals surface area contributed by atoms with Crippen LogP contribution in [0.3, 0.4) is 0 Å². The molecule has 0 spiro atoms. The summed E-state index contributed by atoms with van der Waals surface area (Å²) >= 11 is 1.01. The van der Waals surface area contributed by atoms with Crippen molar-refractivity contribution in [3.63, 3.8) is 0 Å². The number of carbonyl (C=O) groups excluding carboxylic acids is 1. The summed E-state index contributed by atoms with van der Waals surface area (Å²) in [7, 11) is 0. The van der Waals surface area contributed by atoms with Gasteiger partial charge in [-0.1, -0.05) is 41.2 Å². The Balaban J connectivity index is 1.53. The number of aliphatic hydroxyl groups is 1. The highest BCUT2D eigenvalue weighted by molar-refractivity contribution is 7.17. The molecule has 11 heteroatoms. The first-order chi connectivity index (χ1) is 16.8. The lowest BCUT2D eigenvalue weighted by atomic mass is 10.1. The van der Waals surface area contributed by atoms with Gasteiger partial charge in [0, 0.05) is 18.7 Å². The third-order valence-electron chi connectivity index (χ3n) is 6.28. The van der Waals surface area contributed by atoms with Crippen LogP contribution in [0.2, 0.25) is 0 Å². The van der Waals surface area contributed by atoms with Crippen molar-refractivity contribution in [1.82, 2.24) is 15.0 Å². The number of aromatic nitrogens is 3. The van der Waals surface area contributed by atoms with Crippen molar-refractivity contribution in [1.29, 1.82) is 0 Å². The van der Waals surface area contributed by atoms with Gasteiger partial charge in [-0.25, -0.2) is 9.78 Å². The maximum absolute atomic E-state index is 13.1. The zero-order valence-corrected chi connectivity index (χ0v) is 20.3. The molecule has 1 saturated heterocycles. The summed E-state index contributed by atoms with van der Waals surface area (Å²) in [6, 6.07) is 8.03. The van der Waals surface area contributed by atoms with E-state index in [9.17, 15) is 19.8 Å². The molecule has 5 rings (SSSR count). The van der Waals surface area contributed by atoms with Crippen molar-refractivity contribution < 1.29 is 19.8 Å². The lowest BCUT2D eigenvalue weighted by molar-refractivity contribution is -0.117. The van der Waals surface area contributed by atoms with E-state index in [4.69, 9.17) is 4.98 Å². The number of aromatic carboxylic acids is 1. The number of rotatable bonds is 6. The summed E-state index contributed by atoms with van der Waals surface area (Å²) in [6.45, 7) is 5.29. The molecule has 0 atom stereocenters. The third-order valence-corrected chi connectivity index (χ3v) is 7.34. The zero-order valence-electron chi connectivity index (χ0n) is 19.5. The first-order valence-electron chi connectivity index (χ1n) is 11.5.